The van der Waals surface area contributed by atoms with Crippen molar-refractivity contribution in [2.45, 2.75) is 32.9 Å². The molecule has 1 heterocycles. The van der Waals surface area contributed by atoms with Gasteiger partial charge in [0.15, 0.2) is 0 Å². The smallest absolute Gasteiger partial charge is 0.0766 e. The van der Waals surface area contributed by atoms with Crippen molar-refractivity contribution in [3.05, 3.63) is 48.3 Å². The Balaban J connectivity index is 1.89. The number of rotatable bonds is 6. The molecule has 2 rings (SSSR count). The summed E-state index contributed by atoms with van der Waals surface area (Å²) in [5.41, 5.74) is 1.57. The average Bonchev–Trinajstić information content (AvgIpc) is 2.93. The molecule has 0 radical (unpaired) electrons. The van der Waals surface area contributed by atoms with Crippen LogP contribution >= 0.6 is 0 Å². The summed E-state index contributed by atoms with van der Waals surface area (Å²) >= 11 is 0. The van der Waals surface area contributed by atoms with E-state index in [-0.39, 0.29) is 5.92 Å². The molecule has 4 heteroatoms. The molecule has 0 aliphatic heterocycles. The fraction of sp³-hybridized carbons (Fsp3) is 0.438. The predicted molar refractivity (Wildman–Crippen MR) is 80.7 cm³/mol. The molecule has 0 aliphatic rings. The Morgan fingerprint density at radius 2 is 2.00 bits per heavy atom. The quantitative estimate of drug-likeness (QED) is 0.849. The summed E-state index contributed by atoms with van der Waals surface area (Å²) in [7, 11) is 0. The maximum atomic E-state index is 10.2. The zero-order valence-electron chi connectivity index (χ0n) is 12.4. The third-order valence-electron chi connectivity index (χ3n) is 3.76. The Hall–Kier alpha value is -1.65. The molecule has 1 atom stereocenters. The number of hydrogen-bond acceptors (Lipinski definition) is 3. The van der Waals surface area contributed by atoms with Gasteiger partial charge in [0.1, 0.15) is 0 Å². The summed E-state index contributed by atoms with van der Waals surface area (Å²) in [6, 6.07) is 10.2. The summed E-state index contributed by atoms with van der Waals surface area (Å²) in [4.78, 5) is 0. The maximum Gasteiger partial charge on any atom is 0.0766 e. The molecule has 1 unspecified atom stereocenters. The highest BCUT2D eigenvalue weighted by atomic mass is 16.3. The molecular formula is C16H23N3O. The third-order valence-corrected chi connectivity index (χ3v) is 3.76. The minimum atomic E-state index is -0.672. The van der Waals surface area contributed by atoms with Gasteiger partial charge in [-0.2, -0.15) is 5.10 Å². The Morgan fingerprint density at radius 3 is 2.55 bits per heavy atom. The molecular weight excluding hydrogens is 250 g/mol. The lowest BCUT2D eigenvalue weighted by molar-refractivity contribution is 0.0140. The van der Waals surface area contributed by atoms with E-state index in [2.05, 4.69) is 22.5 Å². The minimum absolute atomic E-state index is 0.234. The molecule has 0 bridgehead atoms. The van der Waals surface area contributed by atoms with Crippen LogP contribution in [0.1, 0.15) is 26.3 Å². The normalized spacial score (nSPS) is 14.4. The van der Waals surface area contributed by atoms with Crippen LogP contribution in [-0.2, 0) is 6.54 Å². The first kappa shape index (κ1) is 14.8. The van der Waals surface area contributed by atoms with Gasteiger partial charge in [-0.25, -0.2) is 4.68 Å². The monoisotopic (exact) mass is 273 g/mol. The van der Waals surface area contributed by atoms with Crippen LogP contribution in [0.25, 0.3) is 5.69 Å². The van der Waals surface area contributed by atoms with Crippen molar-refractivity contribution in [1.82, 2.24) is 15.1 Å². The molecule has 4 nitrogen and oxygen atoms in total. The number of aromatic nitrogens is 2. The Morgan fingerprint density at radius 1 is 1.30 bits per heavy atom. The van der Waals surface area contributed by atoms with Crippen LogP contribution in [0.5, 0.6) is 0 Å². The molecule has 0 fully saturated rings. The van der Waals surface area contributed by atoms with Crippen LogP contribution < -0.4 is 5.32 Å². The van der Waals surface area contributed by atoms with E-state index in [0.717, 1.165) is 12.2 Å². The molecule has 1 aromatic heterocycles. The first-order valence-electron chi connectivity index (χ1n) is 7.01. The van der Waals surface area contributed by atoms with Crippen LogP contribution in [0.4, 0.5) is 0 Å². The van der Waals surface area contributed by atoms with E-state index in [1.54, 1.807) is 6.20 Å². The summed E-state index contributed by atoms with van der Waals surface area (Å²) in [5.74, 6) is 0.234. The lowest BCUT2D eigenvalue weighted by atomic mass is 9.92. The summed E-state index contributed by atoms with van der Waals surface area (Å²) in [6.45, 7) is 7.26. The standard InChI is InChI=1S/C16H23N3O/c1-13(2)16(3,20)12-17-11-14-5-7-15(8-6-14)19-10-4-9-18-19/h4-10,13,17,20H,11-12H2,1-3H3. The van der Waals surface area contributed by atoms with Crippen LogP contribution in [0.2, 0.25) is 0 Å². The second kappa shape index (κ2) is 6.20. The van der Waals surface area contributed by atoms with Gasteiger partial charge < -0.3 is 10.4 Å². The molecule has 2 N–H and O–H groups in total. The van der Waals surface area contributed by atoms with Crippen molar-refractivity contribution in [3.8, 4) is 5.69 Å². The van der Waals surface area contributed by atoms with Crippen LogP contribution in [-0.4, -0.2) is 27.0 Å². The zero-order chi connectivity index (χ0) is 14.6. The minimum Gasteiger partial charge on any atom is -0.389 e. The number of hydrogen-bond donors (Lipinski definition) is 2. The number of aliphatic hydroxyl groups is 1. The highest BCUT2D eigenvalue weighted by molar-refractivity contribution is 5.33. The zero-order valence-corrected chi connectivity index (χ0v) is 12.4. The van der Waals surface area contributed by atoms with Gasteiger partial charge in [-0.3, -0.25) is 0 Å². The lowest BCUT2D eigenvalue weighted by Crippen LogP contribution is -2.41. The topological polar surface area (TPSA) is 50.1 Å². The first-order chi connectivity index (χ1) is 9.49. The highest BCUT2D eigenvalue weighted by Gasteiger charge is 2.23. The second-order valence-corrected chi connectivity index (χ2v) is 5.73. The molecule has 0 aliphatic carbocycles. The highest BCUT2D eigenvalue weighted by Crippen LogP contribution is 2.15. The molecule has 0 spiro atoms. The Bertz CT molecular complexity index is 515. The van der Waals surface area contributed by atoms with Crippen molar-refractivity contribution < 1.29 is 5.11 Å². The molecule has 2 aromatic rings. The molecule has 108 valence electrons. The van der Waals surface area contributed by atoms with Crippen LogP contribution in [0, 0.1) is 5.92 Å². The predicted octanol–water partition coefficient (Wildman–Crippen LogP) is 2.37. The van der Waals surface area contributed by atoms with Gasteiger partial charge in [0.25, 0.3) is 0 Å². The molecule has 0 saturated carbocycles. The molecule has 20 heavy (non-hydrogen) atoms. The fourth-order valence-corrected chi connectivity index (χ4v) is 1.85. The van der Waals surface area contributed by atoms with Crippen molar-refractivity contribution in [2.75, 3.05) is 6.54 Å². The van der Waals surface area contributed by atoms with Gasteiger partial charge in [0.05, 0.1) is 11.3 Å². The largest absolute Gasteiger partial charge is 0.389 e. The van der Waals surface area contributed by atoms with Crippen molar-refractivity contribution >= 4 is 0 Å². The first-order valence-corrected chi connectivity index (χ1v) is 7.01. The maximum absolute atomic E-state index is 10.2. The van der Waals surface area contributed by atoms with E-state index in [4.69, 9.17) is 0 Å². The van der Waals surface area contributed by atoms with Gasteiger partial charge in [0, 0.05) is 25.5 Å². The van der Waals surface area contributed by atoms with Gasteiger partial charge in [0.2, 0.25) is 0 Å². The molecule has 0 saturated heterocycles. The molecule has 1 aromatic carbocycles. The third kappa shape index (κ3) is 3.68. The lowest BCUT2D eigenvalue weighted by Gasteiger charge is -2.28. The number of benzene rings is 1. The van der Waals surface area contributed by atoms with Crippen LogP contribution in [0.15, 0.2) is 42.7 Å². The SMILES string of the molecule is CC(C)C(C)(O)CNCc1ccc(-n2cccn2)cc1. The summed E-state index contributed by atoms with van der Waals surface area (Å²) in [6.07, 6.45) is 3.69. The average molecular weight is 273 g/mol. The Kier molecular flexibility index (Phi) is 4.57. The number of nitrogens with zero attached hydrogens (tertiary/aromatic N) is 2. The van der Waals surface area contributed by atoms with Gasteiger partial charge in [-0.1, -0.05) is 26.0 Å². The van der Waals surface area contributed by atoms with Crippen molar-refractivity contribution in [1.29, 1.82) is 0 Å². The summed E-state index contributed by atoms with van der Waals surface area (Å²) in [5, 5.41) is 17.7. The van der Waals surface area contributed by atoms with E-state index >= 15 is 0 Å². The van der Waals surface area contributed by atoms with Crippen molar-refractivity contribution in [3.63, 3.8) is 0 Å². The van der Waals surface area contributed by atoms with E-state index in [1.807, 2.05) is 49.8 Å². The van der Waals surface area contributed by atoms with E-state index in [0.29, 0.717) is 6.54 Å². The van der Waals surface area contributed by atoms with E-state index in [1.165, 1.54) is 5.56 Å². The number of nitrogens with one attached hydrogen (secondary N) is 1. The van der Waals surface area contributed by atoms with E-state index in [9.17, 15) is 5.11 Å². The van der Waals surface area contributed by atoms with Gasteiger partial charge in [-0.15, -0.1) is 0 Å². The van der Waals surface area contributed by atoms with Crippen LogP contribution in [0.3, 0.4) is 0 Å². The summed E-state index contributed by atoms with van der Waals surface area (Å²) < 4.78 is 1.83. The fourth-order valence-electron chi connectivity index (χ4n) is 1.85. The second-order valence-electron chi connectivity index (χ2n) is 5.73. The molecule has 0 amide bonds. The van der Waals surface area contributed by atoms with E-state index < -0.39 is 5.60 Å². The van der Waals surface area contributed by atoms with Gasteiger partial charge in [-0.05, 0) is 36.6 Å². The van der Waals surface area contributed by atoms with Crippen molar-refractivity contribution in [2.24, 2.45) is 5.92 Å². The Labute approximate surface area is 120 Å². The van der Waals surface area contributed by atoms with Gasteiger partial charge >= 0.3 is 0 Å².